The molecule has 0 spiro atoms. The van der Waals surface area contributed by atoms with E-state index >= 15 is 0 Å². The first-order valence-corrected chi connectivity index (χ1v) is 5.52. The van der Waals surface area contributed by atoms with Crippen molar-refractivity contribution in [3.05, 3.63) is 70.6 Å². The second-order valence-electron chi connectivity index (χ2n) is 3.88. The van der Waals surface area contributed by atoms with Gasteiger partial charge in [-0.3, -0.25) is 5.41 Å². The van der Waals surface area contributed by atoms with Crippen LogP contribution in [0.25, 0.3) is 16.7 Å². The summed E-state index contributed by atoms with van der Waals surface area (Å²) in [6, 6.07) is 16.1. The Hall–Kier alpha value is -2.62. The SMILES string of the molecule is N=c1c2ccccc2oc(=O)n1-c1ccccc1. The molecule has 0 saturated heterocycles. The molecule has 0 fully saturated rings. The molecule has 0 radical (unpaired) electrons. The lowest BCUT2D eigenvalue weighted by Gasteiger charge is -2.06. The molecule has 88 valence electrons. The lowest BCUT2D eigenvalue weighted by Crippen LogP contribution is -2.30. The summed E-state index contributed by atoms with van der Waals surface area (Å²) in [5, 5.41) is 8.73. The first-order valence-electron chi connectivity index (χ1n) is 5.52. The van der Waals surface area contributed by atoms with E-state index in [1.807, 2.05) is 24.3 Å². The Morgan fingerprint density at radius 1 is 0.944 bits per heavy atom. The van der Waals surface area contributed by atoms with E-state index in [9.17, 15) is 4.79 Å². The summed E-state index contributed by atoms with van der Waals surface area (Å²) in [4.78, 5) is 11.9. The Kier molecular flexibility index (Phi) is 2.34. The van der Waals surface area contributed by atoms with Crippen molar-refractivity contribution in [2.24, 2.45) is 0 Å². The van der Waals surface area contributed by atoms with Crippen LogP contribution in [0.4, 0.5) is 0 Å². The summed E-state index contributed by atoms with van der Waals surface area (Å²) < 4.78 is 6.47. The molecule has 1 aromatic heterocycles. The van der Waals surface area contributed by atoms with Crippen LogP contribution in [0.5, 0.6) is 0 Å². The molecule has 0 aliphatic carbocycles. The van der Waals surface area contributed by atoms with Crippen molar-refractivity contribution in [3.8, 4) is 5.69 Å². The van der Waals surface area contributed by atoms with Crippen LogP contribution in [-0.2, 0) is 0 Å². The average Bonchev–Trinajstić information content (AvgIpc) is 2.40. The maximum absolute atomic E-state index is 11.9. The van der Waals surface area contributed by atoms with Crippen LogP contribution in [0.1, 0.15) is 0 Å². The third-order valence-corrected chi connectivity index (χ3v) is 2.76. The summed E-state index contributed by atoms with van der Waals surface area (Å²) in [7, 11) is 0. The van der Waals surface area contributed by atoms with Gasteiger partial charge in [-0.15, -0.1) is 0 Å². The van der Waals surface area contributed by atoms with Crippen LogP contribution in [0, 0.1) is 5.41 Å². The monoisotopic (exact) mass is 238 g/mol. The predicted molar refractivity (Wildman–Crippen MR) is 67.7 cm³/mol. The van der Waals surface area contributed by atoms with E-state index in [0.29, 0.717) is 16.7 Å². The summed E-state index contributed by atoms with van der Waals surface area (Å²) in [6.45, 7) is 0. The predicted octanol–water partition coefficient (Wildman–Crippen LogP) is 2.06. The number of hydrogen-bond acceptors (Lipinski definition) is 3. The van der Waals surface area contributed by atoms with Crippen molar-refractivity contribution in [1.82, 2.24) is 4.57 Å². The van der Waals surface area contributed by atoms with Gasteiger partial charge in [-0.05, 0) is 24.3 Å². The quantitative estimate of drug-likeness (QED) is 0.705. The zero-order valence-corrected chi connectivity index (χ0v) is 9.46. The normalized spacial score (nSPS) is 10.7. The minimum absolute atomic E-state index is 0.132. The van der Waals surface area contributed by atoms with E-state index in [-0.39, 0.29) is 5.49 Å². The largest absolute Gasteiger partial charge is 0.425 e. The van der Waals surface area contributed by atoms with Crippen LogP contribution >= 0.6 is 0 Å². The minimum atomic E-state index is -0.551. The highest BCUT2D eigenvalue weighted by Crippen LogP contribution is 2.08. The van der Waals surface area contributed by atoms with Gasteiger partial charge in [0.1, 0.15) is 11.1 Å². The fraction of sp³-hybridized carbons (Fsp3) is 0. The van der Waals surface area contributed by atoms with E-state index < -0.39 is 5.76 Å². The standard InChI is InChI=1S/C14H10N2O2/c15-13-11-8-4-5-9-12(11)18-14(17)16(13)10-6-2-1-3-7-10/h1-9,15H. The number of hydrogen-bond donors (Lipinski definition) is 1. The van der Waals surface area contributed by atoms with E-state index in [2.05, 4.69) is 0 Å². The molecule has 3 rings (SSSR count). The Labute approximate surface area is 102 Å². The summed E-state index contributed by atoms with van der Waals surface area (Å²) in [5.74, 6) is -0.551. The van der Waals surface area contributed by atoms with Crippen LogP contribution in [0.15, 0.2) is 63.8 Å². The average molecular weight is 238 g/mol. The summed E-state index contributed by atoms with van der Waals surface area (Å²) in [6.07, 6.45) is 0. The molecule has 0 atom stereocenters. The van der Waals surface area contributed by atoms with Crippen molar-refractivity contribution >= 4 is 11.0 Å². The molecule has 4 nitrogen and oxygen atoms in total. The highest BCUT2D eigenvalue weighted by atomic mass is 16.4. The Bertz CT molecular complexity index is 816. The molecule has 1 N–H and O–H groups in total. The van der Waals surface area contributed by atoms with Crippen LogP contribution in [0.3, 0.4) is 0 Å². The Morgan fingerprint density at radius 2 is 1.61 bits per heavy atom. The molecule has 0 saturated carbocycles. The highest BCUT2D eigenvalue weighted by Gasteiger charge is 2.07. The molecule has 0 unspecified atom stereocenters. The molecule has 4 heteroatoms. The molecule has 0 aliphatic rings. The third-order valence-electron chi connectivity index (χ3n) is 2.76. The maximum Gasteiger partial charge on any atom is 0.425 e. The highest BCUT2D eigenvalue weighted by molar-refractivity contribution is 5.74. The third kappa shape index (κ3) is 1.55. The molecular formula is C14H10N2O2. The van der Waals surface area contributed by atoms with Gasteiger partial charge in [-0.2, -0.15) is 0 Å². The van der Waals surface area contributed by atoms with Crippen LogP contribution in [0.2, 0.25) is 0 Å². The van der Waals surface area contributed by atoms with Crippen molar-refractivity contribution in [2.45, 2.75) is 0 Å². The van der Waals surface area contributed by atoms with Gasteiger partial charge in [-0.1, -0.05) is 30.3 Å². The van der Waals surface area contributed by atoms with Gasteiger partial charge in [-0.25, -0.2) is 9.36 Å². The van der Waals surface area contributed by atoms with Gasteiger partial charge in [0.15, 0.2) is 0 Å². The number of aromatic nitrogens is 1. The van der Waals surface area contributed by atoms with Gasteiger partial charge < -0.3 is 4.42 Å². The Morgan fingerprint density at radius 3 is 2.39 bits per heavy atom. The van der Waals surface area contributed by atoms with E-state index in [1.165, 1.54) is 4.57 Å². The van der Waals surface area contributed by atoms with Crippen molar-refractivity contribution in [1.29, 1.82) is 5.41 Å². The summed E-state index contributed by atoms with van der Waals surface area (Å²) in [5.41, 5.74) is 1.19. The van der Waals surface area contributed by atoms with E-state index in [0.717, 1.165) is 0 Å². The van der Waals surface area contributed by atoms with Crippen molar-refractivity contribution in [2.75, 3.05) is 0 Å². The lowest BCUT2D eigenvalue weighted by molar-refractivity contribution is 0.500. The topological polar surface area (TPSA) is 59.0 Å². The second-order valence-corrected chi connectivity index (χ2v) is 3.88. The van der Waals surface area contributed by atoms with Crippen LogP contribution in [-0.4, -0.2) is 4.57 Å². The van der Waals surface area contributed by atoms with Crippen molar-refractivity contribution < 1.29 is 4.42 Å². The molecule has 1 heterocycles. The van der Waals surface area contributed by atoms with Gasteiger partial charge in [0, 0.05) is 0 Å². The van der Waals surface area contributed by atoms with E-state index in [1.54, 1.807) is 30.3 Å². The second kappa shape index (κ2) is 4.00. The number of fused-ring (bicyclic) bond motifs is 1. The van der Waals surface area contributed by atoms with E-state index in [4.69, 9.17) is 9.83 Å². The molecule has 18 heavy (non-hydrogen) atoms. The Balaban J connectivity index is 2.45. The van der Waals surface area contributed by atoms with Gasteiger partial charge >= 0.3 is 5.76 Å². The molecule has 3 aromatic rings. The molecule has 2 aromatic carbocycles. The molecular weight excluding hydrogens is 228 g/mol. The van der Waals surface area contributed by atoms with Gasteiger partial charge in [0.2, 0.25) is 0 Å². The number of benzene rings is 2. The minimum Gasteiger partial charge on any atom is -0.409 e. The fourth-order valence-corrected chi connectivity index (χ4v) is 1.91. The number of nitrogens with zero attached hydrogens (tertiary/aromatic N) is 1. The number of rotatable bonds is 1. The molecule has 0 amide bonds. The first-order chi connectivity index (χ1) is 8.77. The van der Waals surface area contributed by atoms with Gasteiger partial charge in [0.05, 0.1) is 11.1 Å². The lowest BCUT2D eigenvalue weighted by atomic mass is 10.2. The maximum atomic E-state index is 11.9. The zero-order valence-electron chi connectivity index (χ0n) is 9.46. The first kappa shape index (κ1) is 10.5. The van der Waals surface area contributed by atoms with Crippen LogP contribution < -0.4 is 11.2 Å². The van der Waals surface area contributed by atoms with Gasteiger partial charge in [0.25, 0.3) is 0 Å². The zero-order chi connectivity index (χ0) is 12.5. The number of nitrogens with one attached hydrogen (secondary N) is 1. The summed E-state index contributed by atoms with van der Waals surface area (Å²) >= 11 is 0. The molecule has 0 bridgehead atoms. The molecule has 0 aliphatic heterocycles. The number of para-hydroxylation sites is 2. The van der Waals surface area contributed by atoms with Crippen molar-refractivity contribution in [3.63, 3.8) is 0 Å². The fourth-order valence-electron chi connectivity index (χ4n) is 1.91. The smallest absolute Gasteiger partial charge is 0.409 e.